The lowest BCUT2D eigenvalue weighted by atomic mass is 9.87. The first kappa shape index (κ1) is 20.3. The quantitative estimate of drug-likeness (QED) is 0.652. The fraction of sp³-hybridized carbons (Fsp3) is 0.435. The molecule has 1 aromatic carbocycles. The molecule has 3 heterocycles. The van der Waals surface area contributed by atoms with E-state index in [1.54, 1.807) is 17.8 Å². The Hall–Kier alpha value is -2.93. The molecule has 1 atom stereocenters. The molecule has 7 nitrogen and oxygen atoms in total. The molecule has 1 saturated heterocycles. The molecule has 30 heavy (non-hydrogen) atoms. The van der Waals surface area contributed by atoms with Crippen LogP contribution in [0, 0.1) is 12.8 Å². The summed E-state index contributed by atoms with van der Waals surface area (Å²) in [6, 6.07) is 9.82. The molecular weight excluding hydrogens is 380 g/mol. The van der Waals surface area contributed by atoms with E-state index in [2.05, 4.69) is 15.0 Å². The van der Waals surface area contributed by atoms with Gasteiger partial charge in [0.25, 0.3) is 0 Å². The number of aliphatic hydroxyl groups is 1. The van der Waals surface area contributed by atoms with Crippen LogP contribution >= 0.6 is 0 Å². The summed E-state index contributed by atoms with van der Waals surface area (Å²) in [5, 5.41) is 16.2. The van der Waals surface area contributed by atoms with Crippen molar-refractivity contribution < 1.29 is 14.6 Å². The van der Waals surface area contributed by atoms with Gasteiger partial charge in [-0.2, -0.15) is 5.10 Å². The SMILES string of the molecule is CCOC(=O)c1cnc2c(c(C)nn2C)c1N1CCC(C(O)c2ccccc2)CC1. The highest BCUT2D eigenvalue weighted by Gasteiger charge is 2.30. The topological polar surface area (TPSA) is 80.5 Å². The van der Waals surface area contributed by atoms with Gasteiger partial charge in [0.2, 0.25) is 0 Å². The van der Waals surface area contributed by atoms with E-state index in [0.717, 1.165) is 53.9 Å². The van der Waals surface area contributed by atoms with E-state index in [9.17, 15) is 9.90 Å². The maximum atomic E-state index is 12.7. The largest absolute Gasteiger partial charge is 0.462 e. The van der Waals surface area contributed by atoms with Crippen molar-refractivity contribution in [2.75, 3.05) is 24.6 Å². The molecule has 0 bridgehead atoms. The molecule has 7 heteroatoms. The predicted molar refractivity (Wildman–Crippen MR) is 116 cm³/mol. The van der Waals surface area contributed by atoms with Crippen LogP contribution in [-0.4, -0.2) is 45.5 Å². The Labute approximate surface area is 176 Å². The Kier molecular flexibility index (Phi) is 5.72. The molecule has 0 spiro atoms. The fourth-order valence-corrected chi connectivity index (χ4v) is 4.44. The summed E-state index contributed by atoms with van der Waals surface area (Å²) >= 11 is 0. The summed E-state index contributed by atoms with van der Waals surface area (Å²) < 4.78 is 7.04. The van der Waals surface area contributed by atoms with Crippen molar-refractivity contribution in [2.24, 2.45) is 13.0 Å². The number of aryl methyl sites for hydroxylation is 2. The second-order valence-electron chi connectivity index (χ2n) is 7.83. The number of piperidine rings is 1. The number of fused-ring (bicyclic) bond motifs is 1. The van der Waals surface area contributed by atoms with Gasteiger partial charge in [-0.15, -0.1) is 0 Å². The third-order valence-corrected chi connectivity index (χ3v) is 5.94. The Bertz CT molecular complexity index is 1040. The van der Waals surface area contributed by atoms with Crippen LogP contribution in [-0.2, 0) is 11.8 Å². The number of pyridine rings is 1. The van der Waals surface area contributed by atoms with Crippen molar-refractivity contribution in [3.05, 3.63) is 53.3 Å². The van der Waals surface area contributed by atoms with Crippen LogP contribution in [0.4, 0.5) is 5.69 Å². The average molecular weight is 409 g/mol. The van der Waals surface area contributed by atoms with Crippen molar-refractivity contribution in [2.45, 2.75) is 32.8 Å². The van der Waals surface area contributed by atoms with Crippen LogP contribution in [0.25, 0.3) is 11.0 Å². The minimum atomic E-state index is -0.476. The van der Waals surface area contributed by atoms with Gasteiger partial charge in [0, 0.05) is 26.3 Å². The molecule has 0 radical (unpaired) electrons. The molecule has 4 rings (SSSR count). The van der Waals surface area contributed by atoms with Crippen LogP contribution in [0.15, 0.2) is 36.5 Å². The van der Waals surface area contributed by atoms with Crippen LogP contribution in [0.3, 0.4) is 0 Å². The number of aliphatic hydroxyl groups excluding tert-OH is 1. The number of ether oxygens (including phenoxy) is 1. The van der Waals surface area contributed by atoms with Gasteiger partial charge < -0.3 is 14.7 Å². The van der Waals surface area contributed by atoms with Gasteiger partial charge in [0.05, 0.1) is 29.5 Å². The number of hydrogen-bond acceptors (Lipinski definition) is 6. The summed E-state index contributed by atoms with van der Waals surface area (Å²) in [5.41, 5.74) is 3.87. The average Bonchev–Trinajstić information content (AvgIpc) is 3.07. The van der Waals surface area contributed by atoms with Crippen LogP contribution in [0.1, 0.15) is 47.5 Å². The van der Waals surface area contributed by atoms with Gasteiger partial charge in [-0.05, 0) is 38.2 Å². The standard InChI is InChI=1S/C23H28N4O3/c1-4-30-23(29)18-14-24-22-19(15(2)25-26(22)3)20(18)27-12-10-17(11-13-27)21(28)16-8-6-5-7-9-16/h5-9,14,17,21,28H,4,10-13H2,1-3H3. The lowest BCUT2D eigenvalue weighted by Gasteiger charge is -2.36. The van der Waals surface area contributed by atoms with Crippen molar-refractivity contribution in [3.8, 4) is 0 Å². The minimum absolute atomic E-state index is 0.182. The van der Waals surface area contributed by atoms with Crippen molar-refractivity contribution in [3.63, 3.8) is 0 Å². The number of esters is 1. The third kappa shape index (κ3) is 3.65. The number of carbonyl (C=O) groups is 1. The molecule has 2 aromatic heterocycles. The number of rotatable bonds is 5. The Morgan fingerprint density at radius 1 is 1.27 bits per heavy atom. The summed E-state index contributed by atoms with van der Waals surface area (Å²) in [7, 11) is 1.86. The van der Waals surface area contributed by atoms with Crippen molar-refractivity contribution >= 4 is 22.7 Å². The third-order valence-electron chi connectivity index (χ3n) is 5.94. The van der Waals surface area contributed by atoms with E-state index < -0.39 is 6.10 Å². The highest BCUT2D eigenvalue weighted by molar-refractivity contribution is 6.05. The maximum Gasteiger partial charge on any atom is 0.341 e. The van der Waals surface area contributed by atoms with Gasteiger partial charge in [-0.3, -0.25) is 4.68 Å². The first-order chi connectivity index (χ1) is 14.5. The predicted octanol–water partition coefficient (Wildman–Crippen LogP) is 3.40. The van der Waals surface area contributed by atoms with Gasteiger partial charge in [-0.1, -0.05) is 30.3 Å². The van der Waals surface area contributed by atoms with Crippen LogP contribution in [0.5, 0.6) is 0 Å². The molecule has 158 valence electrons. The first-order valence-electron chi connectivity index (χ1n) is 10.5. The minimum Gasteiger partial charge on any atom is -0.462 e. The number of nitrogens with zero attached hydrogens (tertiary/aromatic N) is 4. The second kappa shape index (κ2) is 8.44. The van der Waals surface area contributed by atoms with E-state index in [4.69, 9.17) is 4.74 Å². The molecule has 0 saturated carbocycles. The smallest absolute Gasteiger partial charge is 0.341 e. The summed E-state index contributed by atoms with van der Waals surface area (Å²) in [4.78, 5) is 19.4. The molecule has 0 amide bonds. The molecular formula is C23H28N4O3. The highest BCUT2D eigenvalue weighted by Crippen LogP contribution is 2.37. The van der Waals surface area contributed by atoms with E-state index in [1.165, 1.54) is 0 Å². The molecule has 0 aliphatic carbocycles. The Morgan fingerprint density at radius 2 is 1.97 bits per heavy atom. The molecule has 1 aliphatic rings. The van der Waals surface area contributed by atoms with E-state index in [1.807, 2.05) is 44.3 Å². The number of aromatic nitrogens is 3. The van der Waals surface area contributed by atoms with Gasteiger partial charge in [0.15, 0.2) is 5.65 Å². The number of hydrogen-bond donors (Lipinski definition) is 1. The second-order valence-corrected chi connectivity index (χ2v) is 7.83. The van der Waals surface area contributed by atoms with Gasteiger partial charge in [0.1, 0.15) is 5.56 Å². The number of benzene rings is 1. The van der Waals surface area contributed by atoms with Gasteiger partial charge in [-0.25, -0.2) is 9.78 Å². The normalized spacial score (nSPS) is 16.1. The zero-order chi connectivity index (χ0) is 21.3. The van der Waals surface area contributed by atoms with Crippen LogP contribution < -0.4 is 4.90 Å². The molecule has 3 aromatic rings. The van der Waals surface area contributed by atoms with E-state index in [-0.39, 0.29) is 11.9 Å². The maximum absolute atomic E-state index is 12.7. The zero-order valence-electron chi connectivity index (χ0n) is 17.7. The summed E-state index contributed by atoms with van der Waals surface area (Å²) in [5.74, 6) is -0.182. The summed E-state index contributed by atoms with van der Waals surface area (Å²) in [6.07, 6.45) is 2.79. The lowest BCUT2D eigenvalue weighted by molar-refractivity contribution is 0.0526. The molecule has 1 fully saturated rings. The lowest BCUT2D eigenvalue weighted by Crippen LogP contribution is -2.36. The Morgan fingerprint density at radius 3 is 2.63 bits per heavy atom. The van der Waals surface area contributed by atoms with Crippen LogP contribution in [0.2, 0.25) is 0 Å². The van der Waals surface area contributed by atoms with Gasteiger partial charge >= 0.3 is 5.97 Å². The number of carbonyl (C=O) groups excluding carboxylic acids is 1. The zero-order valence-corrected chi connectivity index (χ0v) is 17.7. The first-order valence-corrected chi connectivity index (χ1v) is 10.5. The van der Waals surface area contributed by atoms with Crippen molar-refractivity contribution in [1.82, 2.24) is 14.8 Å². The van der Waals surface area contributed by atoms with E-state index in [0.29, 0.717) is 12.2 Å². The molecule has 1 unspecified atom stereocenters. The summed E-state index contributed by atoms with van der Waals surface area (Å²) in [6.45, 7) is 5.54. The molecule has 1 N–H and O–H groups in total. The van der Waals surface area contributed by atoms with Crippen molar-refractivity contribution in [1.29, 1.82) is 0 Å². The molecule has 1 aliphatic heterocycles. The Balaban J connectivity index is 1.64. The number of anilines is 1. The van der Waals surface area contributed by atoms with E-state index >= 15 is 0 Å². The highest BCUT2D eigenvalue weighted by atomic mass is 16.5. The fourth-order valence-electron chi connectivity index (χ4n) is 4.44. The monoisotopic (exact) mass is 408 g/mol.